The lowest BCUT2D eigenvalue weighted by Gasteiger charge is -2.31. The molecule has 10 heteroatoms. The average molecular weight is 543 g/mol. The summed E-state index contributed by atoms with van der Waals surface area (Å²) in [5, 5.41) is 0. The highest BCUT2D eigenvalue weighted by atomic mass is 19.4. The Morgan fingerprint density at radius 1 is 0.632 bits per heavy atom. The van der Waals surface area contributed by atoms with Gasteiger partial charge in [-0.15, -0.1) is 0 Å². The Labute approximate surface area is 213 Å². The SMILES string of the molecule is FC(F)(F)c1cccc(C2=CCN(CC(c3cccc(C(F)(F)F)c3)c3cccc(C(F)(F)F)c3)CC2)c1. The van der Waals surface area contributed by atoms with Gasteiger partial charge in [0, 0.05) is 25.6 Å². The molecule has 202 valence electrons. The Morgan fingerprint density at radius 2 is 1.11 bits per heavy atom. The topological polar surface area (TPSA) is 3.24 Å². The van der Waals surface area contributed by atoms with Crippen LogP contribution in [-0.2, 0) is 18.5 Å². The van der Waals surface area contributed by atoms with Crippen LogP contribution in [0.25, 0.3) is 5.57 Å². The van der Waals surface area contributed by atoms with Crippen LogP contribution in [0.15, 0.2) is 78.9 Å². The van der Waals surface area contributed by atoms with Gasteiger partial charge in [0.15, 0.2) is 0 Å². The molecule has 0 atom stereocenters. The van der Waals surface area contributed by atoms with E-state index in [1.807, 2.05) is 4.90 Å². The quantitative estimate of drug-likeness (QED) is 0.291. The maximum absolute atomic E-state index is 13.4. The predicted octanol–water partition coefficient (Wildman–Crippen LogP) is 8.66. The molecule has 1 aliphatic heterocycles. The molecule has 0 aromatic heterocycles. The highest BCUT2D eigenvalue weighted by Crippen LogP contribution is 2.37. The predicted molar refractivity (Wildman–Crippen MR) is 125 cm³/mol. The summed E-state index contributed by atoms with van der Waals surface area (Å²) in [6, 6.07) is 14.0. The standard InChI is InChI=1S/C28H22F9N/c29-26(30,31)22-7-1-4-19(14-22)18-10-12-38(13-11-18)17-25(20-5-2-8-23(15-20)27(32,33)34)21-6-3-9-24(16-21)28(35,36)37/h1-10,14-16,25H,11-13,17H2. The average Bonchev–Trinajstić information content (AvgIpc) is 2.86. The van der Waals surface area contributed by atoms with Crippen molar-refractivity contribution in [3.05, 3.63) is 112 Å². The van der Waals surface area contributed by atoms with Crippen molar-refractivity contribution >= 4 is 5.57 Å². The third-order valence-electron chi connectivity index (χ3n) is 6.53. The van der Waals surface area contributed by atoms with Gasteiger partial charge in [0.05, 0.1) is 16.7 Å². The van der Waals surface area contributed by atoms with E-state index >= 15 is 0 Å². The van der Waals surface area contributed by atoms with Crippen molar-refractivity contribution in [2.24, 2.45) is 0 Å². The van der Waals surface area contributed by atoms with Crippen LogP contribution in [0.2, 0.25) is 0 Å². The molecule has 0 N–H and O–H groups in total. The zero-order valence-corrected chi connectivity index (χ0v) is 19.8. The summed E-state index contributed by atoms with van der Waals surface area (Å²) in [5.41, 5.74) is -1.03. The van der Waals surface area contributed by atoms with Crippen molar-refractivity contribution in [3.63, 3.8) is 0 Å². The number of hydrogen-bond acceptors (Lipinski definition) is 1. The molecule has 0 radical (unpaired) electrons. The van der Waals surface area contributed by atoms with Gasteiger partial charge in [-0.3, -0.25) is 4.90 Å². The van der Waals surface area contributed by atoms with Crippen LogP contribution in [0.3, 0.4) is 0 Å². The van der Waals surface area contributed by atoms with Gasteiger partial charge in [-0.2, -0.15) is 39.5 Å². The summed E-state index contributed by atoms with van der Waals surface area (Å²) in [4.78, 5) is 1.86. The summed E-state index contributed by atoms with van der Waals surface area (Å²) in [6.07, 6.45) is -11.6. The number of rotatable bonds is 5. The van der Waals surface area contributed by atoms with Crippen molar-refractivity contribution in [1.29, 1.82) is 0 Å². The Morgan fingerprint density at radius 3 is 1.55 bits per heavy atom. The molecule has 1 nitrogen and oxygen atoms in total. The molecule has 0 spiro atoms. The maximum Gasteiger partial charge on any atom is 0.416 e. The molecule has 0 aliphatic carbocycles. The Hall–Kier alpha value is -3.27. The molecule has 4 rings (SSSR count). The minimum atomic E-state index is -4.62. The van der Waals surface area contributed by atoms with E-state index in [0.717, 1.165) is 36.4 Å². The maximum atomic E-state index is 13.4. The second-order valence-corrected chi connectivity index (χ2v) is 9.12. The molecule has 3 aromatic rings. The fourth-order valence-corrected chi connectivity index (χ4v) is 4.56. The molecular weight excluding hydrogens is 521 g/mol. The van der Waals surface area contributed by atoms with Crippen LogP contribution in [0.4, 0.5) is 39.5 Å². The van der Waals surface area contributed by atoms with E-state index in [0.29, 0.717) is 24.1 Å². The highest BCUT2D eigenvalue weighted by Gasteiger charge is 2.34. The summed E-state index contributed by atoms with van der Waals surface area (Å²) < 4.78 is 120. The lowest BCUT2D eigenvalue weighted by molar-refractivity contribution is -0.138. The van der Waals surface area contributed by atoms with Gasteiger partial charge < -0.3 is 0 Å². The molecular formula is C28H22F9N. The van der Waals surface area contributed by atoms with E-state index in [-0.39, 0.29) is 24.2 Å². The van der Waals surface area contributed by atoms with Crippen molar-refractivity contribution in [1.82, 2.24) is 4.90 Å². The van der Waals surface area contributed by atoms with Gasteiger partial charge in [-0.25, -0.2) is 0 Å². The number of benzene rings is 3. The van der Waals surface area contributed by atoms with E-state index in [2.05, 4.69) is 0 Å². The molecule has 0 unspecified atom stereocenters. The lowest BCUT2D eigenvalue weighted by atomic mass is 9.88. The monoisotopic (exact) mass is 543 g/mol. The van der Waals surface area contributed by atoms with Gasteiger partial charge >= 0.3 is 18.5 Å². The molecule has 0 amide bonds. The highest BCUT2D eigenvalue weighted by molar-refractivity contribution is 5.67. The van der Waals surface area contributed by atoms with Crippen molar-refractivity contribution in [2.45, 2.75) is 30.9 Å². The third kappa shape index (κ3) is 6.59. The van der Waals surface area contributed by atoms with Crippen molar-refractivity contribution in [2.75, 3.05) is 19.6 Å². The third-order valence-corrected chi connectivity index (χ3v) is 6.53. The van der Waals surface area contributed by atoms with Gasteiger partial charge in [0.1, 0.15) is 0 Å². The molecule has 0 saturated heterocycles. The summed E-state index contributed by atoms with van der Waals surface area (Å²) in [7, 11) is 0. The first-order valence-electron chi connectivity index (χ1n) is 11.6. The second kappa shape index (κ2) is 10.5. The fourth-order valence-electron chi connectivity index (χ4n) is 4.56. The molecule has 38 heavy (non-hydrogen) atoms. The van der Waals surface area contributed by atoms with Crippen LogP contribution in [0, 0.1) is 0 Å². The van der Waals surface area contributed by atoms with Crippen LogP contribution in [-0.4, -0.2) is 24.5 Å². The fraction of sp³-hybridized carbons (Fsp3) is 0.286. The minimum absolute atomic E-state index is 0.120. The van der Waals surface area contributed by atoms with Crippen LogP contribution in [0.5, 0.6) is 0 Å². The zero-order chi connectivity index (χ0) is 27.7. The van der Waals surface area contributed by atoms with E-state index in [9.17, 15) is 39.5 Å². The van der Waals surface area contributed by atoms with Crippen LogP contribution in [0.1, 0.15) is 45.7 Å². The summed E-state index contributed by atoms with van der Waals surface area (Å²) in [6.45, 7) is 0.769. The first-order valence-corrected chi connectivity index (χ1v) is 11.6. The second-order valence-electron chi connectivity index (χ2n) is 9.12. The molecule has 1 aliphatic rings. The normalized spacial score (nSPS) is 15.6. The first-order chi connectivity index (χ1) is 17.7. The minimum Gasteiger partial charge on any atom is -0.298 e. The van der Waals surface area contributed by atoms with E-state index in [1.54, 1.807) is 12.1 Å². The van der Waals surface area contributed by atoms with E-state index < -0.39 is 41.1 Å². The molecule has 0 fully saturated rings. The van der Waals surface area contributed by atoms with Crippen LogP contribution < -0.4 is 0 Å². The summed E-state index contributed by atoms with van der Waals surface area (Å²) in [5.74, 6) is -0.803. The smallest absolute Gasteiger partial charge is 0.298 e. The molecule has 3 aromatic carbocycles. The van der Waals surface area contributed by atoms with Gasteiger partial charge in [0.2, 0.25) is 0 Å². The number of halogens is 9. The Balaban J connectivity index is 1.63. The van der Waals surface area contributed by atoms with Crippen LogP contribution >= 0.6 is 0 Å². The number of hydrogen-bond donors (Lipinski definition) is 0. The Bertz CT molecular complexity index is 1240. The van der Waals surface area contributed by atoms with Gasteiger partial charge in [-0.05, 0) is 52.9 Å². The first kappa shape index (κ1) is 27.8. The molecule has 0 saturated carbocycles. The van der Waals surface area contributed by atoms with E-state index in [1.165, 1.54) is 30.3 Å². The molecule has 0 bridgehead atoms. The zero-order valence-electron chi connectivity index (χ0n) is 19.8. The van der Waals surface area contributed by atoms with Gasteiger partial charge in [-0.1, -0.05) is 54.6 Å². The van der Waals surface area contributed by atoms with Crippen molar-refractivity contribution < 1.29 is 39.5 Å². The summed E-state index contributed by atoms with van der Waals surface area (Å²) >= 11 is 0. The Kier molecular flexibility index (Phi) is 7.65. The lowest BCUT2D eigenvalue weighted by Crippen LogP contribution is -2.33. The largest absolute Gasteiger partial charge is 0.416 e. The van der Waals surface area contributed by atoms with Crippen molar-refractivity contribution in [3.8, 4) is 0 Å². The van der Waals surface area contributed by atoms with Gasteiger partial charge in [0.25, 0.3) is 0 Å². The molecule has 1 heterocycles. The van der Waals surface area contributed by atoms with E-state index in [4.69, 9.17) is 0 Å². The number of alkyl halides is 9. The number of nitrogens with zero attached hydrogens (tertiary/aromatic N) is 1.